The van der Waals surface area contributed by atoms with Crippen molar-refractivity contribution in [3.05, 3.63) is 71.8 Å². The molecule has 0 aliphatic rings. The summed E-state index contributed by atoms with van der Waals surface area (Å²) < 4.78 is 10.9. The van der Waals surface area contributed by atoms with Gasteiger partial charge >= 0.3 is 0 Å². The molecule has 0 radical (unpaired) electrons. The van der Waals surface area contributed by atoms with Crippen molar-refractivity contribution in [1.82, 2.24) is 0 Å². The van der Waals surface area contributed by atoms with Crippen molar-refractivity contribution < 1.29 is 24.8 Å². The lowest BCUT2D eigenvalue weighted by Gasteiger charge is -2.34. The fraction of sp³-hybridized carbons (Fsp3) is 0.440. The Morgan fingerprint density at radius 3 is 2.35 bits per heavy atom. The Labute approximate surface area is 189 Å². The Balaban J connectivity index is 1.87. The van der Waals surface area contributed by atoms with Crippen molar-refractivity contribution >= 4 is 11.8 Å². The molecule has 2 atom stereocenters. The molecule has 0 saturated heterocycles. The lowest BCUT2D eigenvalue weighted by Crippen LogP contribution is -2.42. The molecular weight excluding hydrogens is 412 g/mol. The number of hydrogen-bond acceptors (Lipinski definition) is 6. The quantitative estimate of drug-likeness (QED) is 0.245. The molecule has 170 valence electrons. The van der Waals surface area contributed by atoms with E-state index in [4.69, 9.17) is 9.47 Å². The molecule has 0 spiro atoms. The van der Waals surface area contributed by atoms with Gasteiger partial charge in [0.1, 0.15) is 11.9 Å². The van der Waals surface area contributed by atoms with Crippen molar-refractivity contribution in [3.63, 3.8) is 0 Å². The van der Waals surface area contributed by atoms with E-state index < -0.39 is 17.6 Å². The zero-order valence-corrected chi connectivity index (χ0v) is 19.3. The standard InChI is InChI=1S/C25H34O5S/c1-25(2,18-31-22-7-5-4-6-8-22)24(28)23(27)20(13-15-26)14-16-30-17-19-9-11-21(29-3)12-10-19/h4-13,23-24,26-28H,14-18H2,1-3H3/b20-13+/t23-,24-/m0/s1. The molecule has 0 heterocycles. The van der Waals surface area contributed by atoms with Crippen LogP contribution in [0.15, 0.2) is 71.1 Å². The third kappa shape index (κ3) is 8.31. The average molecular weight is 447 g/mol. The fourth-order valence-electron chi connectivity index (χ4n) is 3.09. The Hall–Kier alpha value is -1.83. The maximum Gasteiger partial charge on any atom is 0.118 e. The lowest BCUT2D eigenvalue weighted by atomic mass is 9.82. The van der Waals surface area contributed by atoms with Crippen molar-refractivity contribution in [2.75, 3.05) is 26.1 Å². The Morgan fingerprint density at radius 1 is 1.06 bits per heavy atom. The largest absolute Gasteiger partial charge is 0.497 e. The third-order valence-corrected chi connectivity index (χ3v) is 6.64. The van der Waals surface area contributed by atoms with Crippen LogP contribution >= 0.6 is 11.8 Å². The number of benzene rings is 2. The minimum absolute atomic E-state index is 0.198. The summed E-state index contributed by atoms with van der Waals surface area (Å²) in [6.45, 7) is 4.49. The van der Waals surface area contributed by atoms with Gasteiger partial charge in [-0.25, -0.2) is 0 Å². The Morgan fingerprint density at radius 2 is 1.74 bits per heavy atom. The first-order chi connectivity index (χ1) is 14.9. The summed E-state index contributed by atoms with van der Waals surface area (Å²) in [5.41, 5.74) is 1.08. The van der Waals surface area contributed by atoms with Gasteiger partial charge in [0.25, 0.3) is 0 Å². The summed E-state index contributed by atoms with van der Waals surface area (Å²) in [6.07, 6.45) is -0.0479. The first-order valence-corrected chi connectivity index (χ1v) is 11.4. The first kappa shape index (κ1) is 25.4. The first-order valence-electron chi connectivity index (χ1n) is 10.4. The predicted molar refractivity (Wildman–Crippen MR) is 125 cm³/mol. The lowest BCUT2D eigenvalue weighted by molar-refractivity contribution is -0.0279. The highest BCUT2D eigenvalue weighted by Gasteiger charge is 2.35. The van der Waals surface area contributed by atoms with Gasteiger partial charge < -0.3 is 24.8 Å². The fourth-order valence-corrected chi connectivity index (χ4v) is 4.15. The summed E-state index contributed by atoms with van der Waals surface area (Å²) in [5.74, 6) is 1.44. The average Bonchev–Trinajstić information content (AvgIpc) is 2.80. The van der Waals surface area contributed by atoms with Gasteiger partial charge in [-0.2, -0.15) is 0 Å². The third-order valence-electron chi connectivity index (χ3n) is 5.15. The van der Waals surface area contributed by atoms with Gasteiger partial charge in [0, 0.05) is 16.1 Å². The molecule has 0 fully saturated rings. The molecule has 2 aromatic carbocycles. The van der Waals surface area contributed by atoms with Crippen LogP contribution in [0.4, 0.5) is 0 Å². The molecule has 0 amide bonds. The molecule has 6 heteroatoms. The van der Waals surface area contributed by atoms with Gasteiger partial charge in [-0.1, -0.05) is 50.3 Å². The van der Waals surface area contributed by atoms with Crippen molar-refractivity contribution in [2.24, 2.45) is 5.41 Å². The highest BCUT2D eigenvalue weighted by Crippen LogP contribution is 2.33. The van der Waals surface area contributed by atoms with E-state index in [-0.39, 0.29) is 6.61 Å². The molecule has 3 N–H and O–H groups in total. The van der Waals surface area contributed by atoms with Crippen molar-refractivity contribution in [1.29, 1.82) is 0 Å². The smallest absolute Gasteiger partial charge is 0.118 e. The number of methoxy groups -OCH3 is 1. The zero-order chi connectivity index (χ0) is 22.7. The molecule has 0 unspecified atom stereocenters. The van der Waals surface area contributed by atoms with Crippen molar-refractivity contribution in [2.45, 2.75) is 44.0 Å². The van der Waals surface area contributed by atoms with E-state index in [1.165, 1.54) is 0 Å². The maximum atomic E-state index is 10.9. The number of ether oxygens (including phenoxy) is 2. The number of aliphatic hydroxyl groups is 3. The van der Waals surface area contributed by atoms with Crippen LogP contribution in [0.3, 0.4) is 0 Å². The molecular formula is C25H34O5S. The topological polar surface area (TPSA) is 79.2 Å². The van der Waals surface area contributed by atoms with E-state index in [2.05, 4.69) is 0 Å². The van der Waals surface area contributed by atoms with Gasteiger partial charge in [0.05, 0.1) is 33.0 Å². The van der Waals surface area contributed by atoms with Crippen LogP contribution in [-0.2, 0) is 11.3 Å². The summed E-state index contributed by atoms with van der Waals surface area (Å²) in [5, 5.41) is 31.1. The number of hydrogen-bond donors (Lipinski definition) is 3. The molecule has 0 aromatic heterocycles. The van der Waals surface area contributed by atoms with Gasteiger partial charge in [-0.15, -0.1) is 11.8 Å². The Kier molecular flexibility index (Phi) is 10.6. The number of thioether (sulfide) groups is 1. The van der Waals surface area contributed by atoms with Crippen LogP contribution < -0.4 is 4.74 Å². The van der Waals surface area contributed by atoms with Gasteiger partial charge in [0.2, 0.25) is 0 Å². The molecule has 0 saturated carbocycles. The summed E-state index contributed by atoms with van der Waals surface area (Å²) in [4.78, 5) is 1.12. The molecule has 2 aromatic rings. The summed E-state index contributed by atoms with van der Waals surface area (Å²) >= 11 is 1.65. The highest BCUT2D eigenvalue weighted by atomic mass is 32.2. The normalized spacial score (nSPS) is 14.3. The van der Waals surface area contributed by atoms with Crippen LogP contribution in [0.1, 0.15) is 25.8 Å². The Bertz CT molecular complexity index is 789. The number of aliphatic hydroxyl groups excluding tert-OH is 3. The van der Waals surface area contributed by atoms with Gasteiger partial charge in [0.15, 0.2) is 0 Å². The van der Waals surface area contributed by atoms with Crippen molar-refractivity contribution in [3.8, 4) is 5.75 Å². The van der Waals surface area contributed by atoms with E-state index >= 15 is 0 Å². The molecule has 5 nitrogen and oxygen atoms in total. The SMILES string of the molecule is COc1ccc(COCC/C(=C\CO)[C@H](O)[C@H](O)C(C)(C)CSc2ccccc2)cc1. The zero-order valence-electron chi connectivity index (χ0n) is 18.5. The van der Waals surface area contributed by atoms with Crippen LogP contribution in [0, 0.1) is 5.41 Å². The van der Waals surface area contributed by atoms with E-state index in [0.717, 1.165) is 16.2 Å². The minimum atomic E-state index is -1.07. The van der Waals surface area contributed by atoms with Crippen LogP contribution in [0.2, 0.25) is 0 Å². The van der Waals surface area contributed by atoms with Crippen LogP contribution in [-0.4, -0.2) is 53.6 Å². The molecule has 31 heavy (non-hydrogen) atoms. The van der Waals surface area contributed by atoms with Crippen LogP contribution in [0.25, 0.3) is 0 Å². The second kappa shape index (κ2) is 12.9. The van der Waals surface area contributed by atoms with E-state index in [0.29, 0.717) is 31.0 Å². The second-order valence-electron chi connectivity index (χ2n) is 8.09. The molecule has 0 aliphatic carbocycles. The summed E-state index contributed by atoms with van der Waals surface area (Å²) in [6, 6.07) is 17.6. The molecule has 2 rings (SSSR count). The maximum absolute atomic E-state index is 10.9. The van der Waals surface area contributed by atoms with E-state index in [9.17, 15) is 15.3 Å². The van der Waals surface area contributed by atoms with Crippen LogP contribution in [0.5, 0.6) is 5.75 Å². The van der Waals surface area contributed by atoms with E-state index in [1.54, 1.807) is 24.9 Å². The minimum Gasteiger partial charge on any atom is -0.497 e. The molecule has 0 aliphatic heterocycles. The number of rotatable bonds is 13. The highest BCUT2D eigenvalue weighted by molar-refractivity contribution is 7.99. The predicted octanol–water partition coefficient (Wildman–Crippen LogP) is 4.06. The second-order valence-corrected chi connectivity index (χ2v) is 9.14. The van der Waals surface area contributed by atoms with Gasteiger partial charge in [-0.05, 0) is 41.8 Å². The van der Waals surface area contributed by atoms with E-state index in [1.807, 2.05) is 68.4 Å². The monoisotopic (exact) mass is 446 g/mol. The molecule has 0 bridgehead atoms. The van der Waals surface area contributed by atoms with Gasteiger partial charge in [-0.3, -0.25) is 0 Å². The summed E-state index contributed by atoms with van der Waals surface area (Å²) in [7, 11) is 1.63.